The standard InChI is InChI=1S/C16H18ClNO3.C15H16ClNO3.C3H9OSi.K/c1-10(14(20)21-2)15-7-16(8-15,9-15)18-13(19)11-4-3-5-12(17)6-11;1-9(13(19)20)14-6-15(7-14,8-14)17-12(18)10-3-2-4-11(16)5-10;1-5(2,3)4;/h3-6,10H,7-9H2,1-2H3,(H,18,19);2-5,9H,6-8H2,1H3,(H,17,18)(H,19,20);1-3H3;/q;;-1;+1. The molecule has 0 aliphatic heterocycles. The minimum absolute atomic E-state index is 0. The molecule has 0 spiro atoms. The summed E-state index contributed by atoms with van der Waals surface area (Å²) >= 11 is 11.8. The van der Waals surface area contributed by atoms with Crippen LogP contribution in [0.5, 0.6) is 0 Å². The Morgan fingerprint density at radius 2 is 1.13 bits per heavy atom. The van der Waals surface area contributed by atoms with Crippen molar-refractivity contribution < 1.29 is 85.2 Å². The summed E-state index contributed by atoms with van der Waals surface area (Å²) in [4.78, 5) is 57.3. The maximum atomic E-state index is 12.2. The second-order valence-electron chi connectivity index (χ2n) is 14.7. The second kappa shape index (κ2) is 14.9. The quantitative estimate of drug-likeness (QED) is 0.280. The predicted octanol–water partition coefficient (Wildman–Crippen LogP) is 2.70. The van der Waals surface area contributed by atoms with Gasteiger partial charge in [0.25, 0.3) is 11.8 Å². The summed E-state index contributed by atoms with van der Waals surface area (Å²) < 4.78 is 4.81. The van der Waals surface area contributed by atoms with Crippen molar-refractivity contribution >= 4 is 55.3 Å². The van der Waals surface area contributed by atoms with E-state index in [0.29, 0.717) is 21.2 Å². The van der Waals surface area contributed by atoms with E-state index < -0.39 is 14.3 Å². The van der Waals surface area contributed by atoms with Gasteiger partial charge in [-0.3, -0.25) is 19.2 Å². The average molecular weight is 730 g/mol. The zero-order valence-corrected chi connectivity index (χ0v) is 33.8. The van der Waals surface area contributed by atoms with Gasteiger partial charge in [0.05, 0.1) is 18.9 Å². The minimum Gasteiger partial charge on any atom is -0.859 e. The fourth-order valence-corrected chi connectivity index (χ4v) is 7.87. The molecule has 250 valence electrons. The maximum Gasteiger partial charge on any atom is 1.00 e. The van der Waals surface area contributed by atoms with Crippen LogP contribution in [-0.2, 0) is 14.3 Å². The van der Waals surface area contributed by atoms with Crippen LogP contribution < -0.4 is 66.8 Å². The Kier molecular flexibility index (Phi) is 12.7. The van der Waals surface area contributed by atoms with Crippen LogP contribution in [0.3, 0.4) is 0 Å². The second-order valence-corrected chi connectivity index (χ2v) is 19.8. The van der Waals surface area contributed by atoms with Crippen molar-refractivity contribution in [3.05, 3.63) is 69.7 Å². The normalized spacial score (nSPS) is 28.4. The third-order valence-corrected chi connectivity index (χ3v) is 10.3. The van der Waals surface area contributed by atoms with Gasteiger partial charge in [-0.15, -0.1) is 0 Å². The fraction of sp³-hybridized carbons (Fsp3) is 0.529. The van der Waals surface area contributed by atoms with Gasteiger partial charge >= 0.3 is 63.3 Å². The fourth-order valence-electron chi connectivity index (χ4n) is 7.49. The number of amides is 2. The summed E-state index contributed by atoms with van der Waals surface area (Å²) in [7, 11) is -0.443. The minimum atomic E-state index is -1.86. The van der Waals surface area contributed by atoms with Crippen molar-refractivity contribution in [2.75, 3.05) is 7.11 Å². The van der Waals surface area contributed by atoms with E-state index >= 15 is 0 Å². The molecule has 2 atom stereocenters. The van der Waals surface area contributed by atoms with Crippen molar-refractivity contribution in [3.8, 4) is 0 Å². The summed E-state index contributed by atoms with van der Waals surface area (Å²) in [6, 6.07) is 13.7. The number of aliphatic carboxylic acids is 1. The van der Waals surface area contributed by atoms with E-state index in [4.69, 9.17) is 33.0 Å². The molecule has 2 unspecified atom stereocenters. The number of carbonyl (C=O) groups is 4. The zero-order chi connectivity index (χ0) is 34.3. The molecule has 8 rings (SSSR count). The Hall–Kier alpha value is -1.29. The van der Waals surface area contributed by atoms with Crippen LogP contribution in [0.4, 0.5) is 0 Å². The van der Waals surface area contributed by atoms with Gasteiger partial charge in [0.2, 0.25) is 0 Å². The number of carboxylic acid groups (broad SMARTS) is 1. The monoisotopic (exact) mass is 728 g/mol. The largest absolute Gasteiger partial charge is 1.00 e. The van der Waals surface area contributed by atoms with Crippen molar-refractivity contribution in [2.45, 2.75) is 83.1 Å². The molecule has 9 nitrogen and oxygen atoms in total. The van der Waals surface area contributed by atoms with Gasteiger partial charge in [0, 0.05) is 32.3 Å². The molecule has 47 heavy (non-hydrogen) atoms. The summed E-state index contributed by atoms with van der Waals surface area (Å²) in [5.74, 6) is -1.59. The van der Waals surface area contributed by atoms with Gasteiger partial charge in [0.1, 0.15) is 0 Å². The molecule has 6 fully saturated rings. The number of carboxylic acids is 1. The molecule has 0 radical (unpaired) electrons. The first-order valence-electron chi connectivity index (χ1n) is 15.4. The van der Waals surface area contributed by atoms with Crippen LogP contribution in [-0.4, -0.2) is 55.4 Å². The summed E-state index contributed by atoms with van der Waals surface area (Å²) in [5, 5.41) is 16.3. The third-order valence-electron chi connectivity index (χ3n) is 9.84. The number of ether oxygens (including phenoxy) is 1. The Bertz CT molecular complexity index is 1490. The first-order chi connectivity index (χ1) is 21.3. The molecule has 6 aliphatic carbocycles. The molecule has 2 aromatic rings. The summed E-state index contributed by atoms with van der Waals surface area (Å²) in [5.41, 5.74) is 0.706. The number of hydrogen-bond donors (Lipinski definition) is 3. The number of esters is 1. The third kappa shape index (κ3) is 9.09. The topological polar surface area (TPSA) is 145 Å². The van der Waals surface area contributed by atoms with Gasteiger partial charge in [-0.1, -0.05) is 77.1 Å². The molecular weight excluding hydrogens is 686 g/mol. The van der Waals surface area contributed by atoms with E-state index in [2.05, 4.69) is 10.6 Å². The number of halogens is 2. The van der Waals surface area contributed by atoms with E-state index in [1.165, 1.54) is 7.11 Å². The number of rotatable bonds is 8. The Morgan fingerprint density at radius 3 is 1.43 bits per heavy atom. The molecule has 6 saturated carbocycles. The predicted molar refractivity (Wildman–Crippen MR) is 177 cm³/mol. The summed E-state index contributed by atoms with van der Waals surface area (Å²) in [6.45, 7) is 8.98. The molecule has 2 amide bonds. The maximum absolute atomic E-state index is 12.2. The molecule has 6 aliphatic rings. The van der Waals surface area contributed by atoms with Gasteiger partial charge in [-0.25, -0.2) is 0 Å². The first-order valence-corrected chi connectivity index (χ1v) is 19.6. The molecule has 0 aromatic heterocycles. The molecule has 4 bridgehead atoms. The number of carbonyl (C=O) groups excluding carboxylic acids is 3. The number of hydrogen-bond acceptors (Lipinski definition) is 6. The van der Waals surface area contributed by atoms with Crippen LogP contribution in [0.15, 0.2) is 48.5 Å². The molecule has 13 heteroatoms. The van der Waals surface area contributed by atoms with Gasteiger partial charge in [0.15, 0.2) is 0 Å². The van der Waals surface area contributed by atoms with Crippen LogP contribution in [0.2, 0.25) is 29.7 Å². The van der Waals surface area contributed by atoms with Crippen LogP contribution in [0.25, 0.3) is 0 Å². The van der Waals surface area contributed by atoms with Crippen LogP contribution in [0, 0.1) is 22.7 Å². The van der Waals surface area contributed by atoms with E-state index in [-0.39, 0.29) is 103 Å². The molecule has 0 saturated heterocycles. The van der Waals surface area contributed by atoms with E-state index in [0.717, 1.165) is 38.5 Å². The van der Waals surface area contributed by atoms with E-state index in [9.17, 15) is 24.0 Å². The smallest absolute Gasteiger partial charge is 0.859 e. The van der Waals surface area contributed by atoms with Gasteiger partial charge in [-0.2, -0.15) is 0 Å². The van der Waals surface area contributed by atoms with Crippen LogP contribution >= 0.6 is 23.2 Å². The molecule has 0 heterocycles. The van der Waals surface area contributed by atoms with Crippen molar-refractivity contribution in [1.82, 2.24) is 10.6 Å². The van der Waals surface area contributed by atoms with E-state index in [1.54, 1.807) is 75.1 Å². The zero-order valence-electron chi connectivity index (χ0n) is 28.2. The molecule has 3 N–H and O–H groups in total. The Morgan fingerprint density at radius 1 is 0.787 bits per heavy atom. The Labute approximate surface area is 330 Å². The van der Waals surface area contributed by atoms with Crippen LogP contribution in [0.1, 0.15) is 73.1 Å². The van der Waals surface area contributed by atoms with E-state index in [1.807, 2.05) is 6.92 Å². The van der Waals surface area contributed by atoms with Gasteiger partial charge in [-0.05, 0) is 85.8 Å². The molecular formula is C34H43Cl2KN2O7Si. The number of methoxy groups -OCH3 is 1. The molecule has 2 aromatic carbocycles. The number of nitrogens with one attached hydrogen (secondary N) is 2. The SMILES string of the molecule is CC(C(=O)O)C12CC(NC(=O)c3cccc(Cl)c3)(C1)C2.COC(=O)C(C)C12CC(NC(=O)c3cccc(Cl)c3)(C1)C2.C[Si](C)(C)[O-].[K+]. The average Bonchev–Trinajstić information content (AvgIpc) is 2.89. The first kappa shape index (κ1) is 40.1. The summed E-state index contributed by atoms with van der Waals surface area (Å²) in [6.07, 6.45) is 4.84. The van der Waals surface area contributed by atoms with Crippen molar-refractivity contribution in [2.24, 2.45) is 22.7 Å². The number of benzene rings is 2. The Balaban J connectivity index is 0.000000220. The van der Waals surface area contributed by atoms with Gasteiger partial charge < -0.3 is 25.3 Å². The van der Waals surface area contributed by atoms with Crippen molar-refractivity contribution in [1.29, 1.82) is 0 Å². The van der Waals surface area contributed by atoms with Crippen molar-refractivity contribution in [3.63, 3.8) is 0 Å².